The van der Waals surface area contributed by atoms with Gasteiger partial charge in [0.25, 0.3) is 0 Å². The molecule has 0 bridgehead atoms. The molecular weight excluding hydrogens is 572 g/mol. The second-order valence-corrected chi connectivity index (χ2v) is 14.5. The molecule has 1 aromatic rings. The van der Waals surface area contributed by atoms with Gasteiger partial charge in [0.1, 0.15) is 30.5 Å². The highest BCUT2D eigenvalue weighted by molar-refractivity contribution is 5.66. The van der Waals surface area contributed by atoms with Crippen LogP contribution in [0.4, 0.5) is 0 Å². The van der Waals surface area contributed by atoms with Gasteiger partial charge in [-0.3, -0.25) is 4.79 Å². The molecule has 44 heavy (non-hydrogen) atoms. The van der Waals surface area contributed by atoms with E-state index in [1.165, 1.54) is 19.3 Å². The van der Waals surface area contributed by atoms with Gasteiger partial charge in [0.05, 0.1) is 24.6 Å². The van der Waals surface area contributed by atoms with E-state index in [1.807, 2.05) is 12.1 Å². The Bertz CT molecular complexity index is 1340. The molecule has 0 radical (unpaired) electrons. The Labute approximate surface area is 256 Å². The summed E-state index contributed by atoms with van der Waals surface area (Å²) >= 11 is 0. The van der Waals surface area contributed by atoms with Gasteiger partial charge in [0.2, 0.25) is 0 Å². The second-order valence-electron chi connectivity index (χ2n) is 14.5. The summed E-state index contributed by atoms with van der Waals surface area (Å²) in [6.45, 7) is 7.32. The Balaban J connectivity index is 1.33. The van der Waals surface area contributed by atoms with Crippen molar-refractivity contribution in [1.82, 2.24) is 0 Å². The minimum Gasteiger partial charge on any atom is -0.458 e. The van der Waals surface area contributed by atoms with Crippen molar-refractivity contribution >= 4 is 5.97 Å². The molecule has 6 rings (SSSR count). The van der Waals surface area contributed by atoms with Crippen molar-refractivity contribution in [1.29, 1.82) is 0 Å². The number of carbonyl (C=O) groups is 1. The van der Waals surface area contributed by atoms with Crippen LogP contribution in [0.1, 0.15) is 84.1 Å². The number of ether oxygens (including phenoxy) is 3. The molecule has 2 heterocycles. The van der Waals surface area contributed by atoms with Crippen LogP contribution in [-0.4, -0.2) is 86.6 Å². The summed E-state index contributed by atoms with van der Waals surface area (Å²) in [7, 11) is 0. The van der Waals surface area contributed by atoms with Gasteiger partial charge in [-0.25, -0.2) is 4.79 Å². The van der Waals surface area contributed by atoms with Gasteiger partial charge in [-0.05, 0) is 79.4 Å². The van der Waals surface area contributed by atoms with Gasteiger partial charge >= 0.3 is 11.6 Å². The zero-order valence-corrected chi connectivity index (χ0v) is 25.8. The molecule has 244 valence electrons. The molecule has 1 aromatic heterocycles. The molecule has 0 spiro atoms. The van der Waals surface area contributed by atoms with Crippen LogP contribution in [0, 0.1) is 22.2 Å². The van der Waals surface area contributed by atoms with Gasteiger partial charge < -0.3 is 44.2 Å². The Kier molecular flexibility index (Phi) is 7.96. The van der Waals surface area contributed by atoms with E-state index in [0.717, 1.165) is 30.4 Å². The van der Waals surface area contributed by atoms with Crippen LogP contribution in [0.5, 0.6) is 0 Å². The van der Waals surface area contributed by atoms with Crippen LogP contribution < -0.4 is 5.63 Å². The van der Waals surface area contributed by atoms with Crippen LogP contribution >= 0.6 is 0 Å². The van der Waals surface area contributed by atoms with E-state index in [2.05, 4.69) is 20.8 Å². The first-order valence-corrected chi connectivity index (χ1v) is 15.8. The first-order chi connectivity index (χ1) is 20.7. The van der Waals surface area contributed by atoms with Crippen LogP contribution in [0.3, 0.4) is 0 Å². The topological polar surface area (TPSA) is 176 Å². The van der Waals surface area contributed by atoms with Gasteiger partial charge in [-0.1, -0.05) is 26.8 Å². The Morgan fingerprint density at radius 2 is 1.75 bits per heavy atom. The fourth-order valence-electron chi connectivity index (χ4n) is 10.2. The lowest BCUT2D eigenvalue weighted by atomic mass is 9.39. The minimum atomic E-state index is -1.55. The number of hydrogen-bond acceptors (Lipinski definition) is 11. The quantitative estimate of drug-likeness (QED) is 0.241. The summed E-state index contributed by atoms with van der Waals surface area (Å²) in [5.74, 6) is -0.340. The number of hydrogen-bond donors (Lipinski definition) is 5. The van der Waals surface area contributed by atoms with Gasteiger partial charge in [-0.15, -0.1) is 0 Å². The highest BCUT2D eigenvalue weighted by Gasteiger charge is 2.73. The summed E-state index contributed by atoms with van der Waals surface area (Å²) in [6, 6.07) is 3.24. The van der Waals surface area contributed by atoms with E-state index in [4.69, 9.17) is 18.6 Å². The van der Waals surface area contributed by atoms with E-state index in [0.29, 0.717) is 25.7 Å². The van der Waals surface area contributed by atoms with Gasteiger partial charge in [0.15, 0.2) is 6.29 Å². The van der Waals surface area contributed by atoms with E-state index in [9.17, 15) is 35.1 Å². The Morgan fingerprint density at radius 1 is 1.00 bits per heavy atom. The molecule has 0 aromatic carbocycles. The summed E-state index contributed by atoms with van der Waals surface area (Å²) in [6.07, 6.45) is 0.0141. The van der Waals surface area contributed by atoms with Crippen LogP contribution in [0.2, 0.25) is 0 Å². The lowest BCUT2D eigenvalue weighted by Crippen LogP contribution is -2.68. The molecule has 5 aliphatic rings. The predicted octanol–water partition coefficient (Wildman–Crippen LogP) is 1.92. The van der Waals surface area contributed by atoms with E-state index in [1.54, 1.807) is 0 Å². The minimum absolute atomic E-state index is 0.00854. The highest BCUT2D eigenvalue weighted by Crippen LogP contribution is 2.74. The maximum absolute atomic E-state index is 12.9. The third-order valence-corrected chi connectivity index (χ3v) is 12.5. The number of carbonyl (C=O) groups excluding carboxylic acids is 1. The fraction of sp³-hybridized carbons (Fsp3) is 0.758. The molecular formula is C33H46O11. The molecule has 11 heteroatoms. The molecule has 11 nitrogen and oxygen atoms in total. The van der Waals surface area contributed by atoms with E-state index in [-0.39, 0.29) is 11.8 Å². The summed E-state index contributed by atoms with van der Waals surface area (Å²) in [4.78, 5) is 24.1. The number of aliphatic hydroxyl groups excluding tert-OH is 4. The lowest BCUT2D eigenvalue weighted by molar-refractivity contribution is -0.309. The molecule has 13 atom stereocenters. The number of esters is 1. The normalized spacial score (nSPS) is 48.5. The molecule has 1 aliphatic heterocycles. The van der Waals surface area contributed by atoms with Gasteiger partial charge in [0, 0.05) is 23.8 Å². The van der Waals surface area contributed by atoms with Crippen LogP contribution in [0.25, 0.3) is 0 Å². The smallest absolute Gasteiger partial charge is 0.335 e. The largest absolute Gasteiger partial charge is 0.458 e. The second kappa shape index (κ2) is 11.0. The lowest BCUT2D eigenvalue weighted by Gasteiger charge is -2.68. The van der Waals surface area contributed by atoms with Crippen molar-refractivity contribution in [3.05, 3.63) is 46.0 Å². The van der Waals surface area contributed by atoms with Crippen molar-refractivity contribution in [2.75, 3.05) is 6.61 Å². The predicted molar refractivity (Wildman–Crippen MR) is 155 cm³/mol. The maximum Gasteiger partial charge on any atom is 0.335 e. The molecule has 0 unspecified atom stereocenters. The first kappa shape index (κ1) is 31.8. The summed E-state index contributed by atoms with van der Waals surface area (Å²) < 4.78 is 23.0. The van der Waals surface area contributed by atoms with E-state index >= 15 is 0 Å². The number of rotatable bonds is 5. The standard InChI is InChI=1S/C33H46O11/c1-17(35)42-22-14-32(4)24(9-11-31(3)20(8-12-33(31,32)40)18-5-6-25(36)41-16-18)30(2)10-7-19(13-21(22)30)43-29-28(39)27(38)26(37)23(15-34)44-29/h5-6,13,16,19-20,22-24,26-29,34,37-40H,7-12,14-15H2,1-4H3/t19-,20+,22+,23+,24+,26+,27-,28+,29+,30-,31+,32+,33+/m0/s1. The average molecular weight is 619 g/mol. The van der Waals surface area contributed by atoms with Crippen molar-refractivity contribution in [3.63, 3.8) is 0 Å². The number of fused-ring (bicyclic) bond motifs is 5. The van der Waals surface area contributed by atoms with Crippen molar-refractivity contribution in [2.45, 2.75) is 127 Å². The molecule has 5 N–H and O–H groups in total. The van der Waals surface area contributed by atoms with Crippen molar-refractivity contribution < 1.29 is 49.0 Å². The third-order valence-electron chi connectivity index (χ3n) is 12.5. The van der Waals surface area contributed by atoms with Gasteiger partial charge in [-0.2, -0.15) is 0 Å². The summed E-state index contributed by atoms with van der Waals surface area (Å²) in [5, 5.41) is 53.5. The highest BCUT2D eigenvalue weighted by atomic mass is 16.7. The zero-order chi connectivity index (χ0) is 31.8. The monoisotopic (exact) mass is 618 g/mol. The Morgan fingerprint density at radius 3 is 2.41 bits per heavy atom. The molecule has 4 fully saturated rings. The van der Waals surface area contributed by atoms with Crippen molar-refractivity contribution in [2.24, 2.45) is 22.2 Å². The molecule has 3 saturated carbocycles. The molecule has 0 amide bonds. The van der Waals surface area contributed by atoms with Crippen LogP contribution in [0.15, 0.2) is 39.3 Å². The zero-order valence-electron chi connectivity index (χ0n) is 25.8. The third kappa shape index (κ3) is 4.57. The number of aliphatic hydroxyl groups is 5. The molecule has 4 aliphatic carbocycles. The van der Waals surface area contributed by atoms with Crippen molar-refractivity contribution in [3.8, 4) is 0 Å². The Hall–Kier alpha value is -2.12. The first-order valence-electron chi connectivity index (χ1n) is 15.8. The SMILES string of the molecule is CC(=O)O[C@@H]1C[C@]2(C)[C@H](CC[C@]3(C)[C@@H](c4ccc(=O)oc4)CC[C@@]32O)[C@@]2(C)CC[C@H](O[C@@H]3O[C@H](CO)[C@@H](O)[C@H](O)[C@H]3O)C=C12. The fourth-order valence-corrected chi connectivity index (χ4v) is 10.2. The average Bonchev–Trinajstić information content (AvgIpc) is 3.26. The van der Waals surface area contributed by atoms with Crippen LogP contribution in [-0.2, 0) is 19.0 Å². The molecule has 1 saturated heterocycles. The summed E-state index contributed by atoms with van der Waals surface area (Å²) in [5.41, 5.74) is -1.14. The van der Waals surface area contributed by atoms with E-state index < -0.39 is 83.0 Å². The maximum atomic E-state index is 12.9.